The van der Waals surface area contributed by atoms with Gasteiger partial charge in [-0.15, -0.1) is 0 Å². The van der Waals surface area contributed by atoms with Gasteiger partial charge >= 0.3 is 0 Å². The summed E-state index contributed by atoms with van der Waals surface area (Å²) in [7, 11) is 1.61. The second-order valence-electron chi connectivity index (χ2n) is 5.23. The zero-order valence-corrected chi connectivity index (χ0v) is 13.1. The Bertz CT molecular complexity index is 604. The Balaban J connectivity index is 1.79. The third-order valence-corrected chi connectivity index (χ3v) is 3.73. The lowest BCUT2D eigenvalue weighted by molar-refractivity contribution is -0.135. The van der Waals surface area contributed by atoms with E-state index >= 15 is 0 Å². The molecule has 0 unspecified atom stereocenters. The molecule has 1 aromatic rings. The van der Waals surface area contributed by atoms with E-state index in [1.807, 2.05) is 11.0 Å². The zero-order chi connectivity index (χ0) is 16.7. The number of hydrogen-bond donors (Lipinski definition) is 1. The highest BCUT2D eigenvalue weighted by Crippen LogP contribution is 2.16. The van der Waals surface area contributed by atoms with Gasteiger partial charge in [0, 0.05) is 33.2 Å². The lowest BCUT2D eigenvalue weighted by atomic mass is 10.2. The smallest absolute Gasteiger partial charge is 0.260 e. The van der Waals surface area contributed by atoms with Crippen LogP contribution in [-0.4, -0.2) is 68.0 Å². The predicted molar refractivity (Wildman–Crippen MR) is 83.7 cm³/mol. The van der Waals surface area contributed by atoms with Gasteiger partial charge in [-0.1, -0.05) is 12.1 Å². The maximum Gasteiger partial charge on any atom is 0.260 e. The molecule has 7 heteroatoms. The zero-order valence-electron chi connectivity index (χ0n) is 13.1. The molecule has 0 atom stereocenters. The number of ether oxygens (including phenoxy) is 1. The molecule has 0 bridgehead atoms. The van der Waals surface area contributed by atoms with Gasteiger partial charge in [0.15, 0.2) is 6.61 Å². The first kappa shape index (κ1) is 16.8. The molecule has 1 aliphatic rings. The van der Waals surface area contributed by atoms with E-state index in [4.69, 9.17) is 10.00 Å². The fourth-order valence-electron chi connectivity index (χ4n) is 2.35. The third-order valence-electron chi connectivity index (χ3n) is 3.73. The van der Waals surface area contributed by atoms with Crippen molar-refractivity contribution in [2.24, 2.45) is 0 Å². The molecule has 1 heterocycles. The number of rotatable bonds is 5. The molecule has 1 fully saturated rings. The van der Waals surface area contributed by atoms with Gasteiger partial charge < -0.3 is 15.0 Å². The minimum absolute atomic E-state index is 0.0266. The summed E-state index contributed by atoms with van der Waals surface area (Å²) in [6.07, 6.45) is 0. The summed E-state index contributed by atoms with van der Waals surface area (Å²) in [4.78, 5) is 27.2. The summed E-state index contributed by atoms with van der Waals surface area (Å²) in [5.41, 5.74) is 0.413. The highest BCUT2D eigenvalue weighted by atomic mass is 16.5. The van der Waals surface area contributed by atoms with Gasteiger partial charge in [-0.2, -0.15) is 5.26 Å². The van der Waals surface area contributed by atoms with Crippen molar-refractivity contribution < 1.29 is 14.3 Å². The van der Waals surface area contributed by atoms with Crippen LogP contribution in [-0.2, 0) is 9.59 Å². The van der Waals surface area contributed by atoms with E-state index in [2.05, 4.69) is 5.32 Å². The standard InChI is InChI=1S/C16H20N4O3/c1-18-15(21)11-19-6-8-20(9-7-19)16(22)12-23-14-5-3-2-4-13(14)10-17/h2-5H,6-9,11-12H2,1H3,(H,18,21). The minimum Gasteiger partial charge on any atom is -0.482 e. The molecule has 2 rings (SSSR count). The molecule has 23 heavy (non-hydrogen) atoms. The second-order valence-corrected chi connectivity index (χ2v) is 5.23. The van der Waals surface area contributed by atoms with Gasteiger partial charge in [0.1, 0.15) is 11.8 Å². The van der Waals surface area contributed by atoms with Crippen LogP contribution in [0.5, 0.6) is 5.75 Å². The number of carbonyl (C=O) groups is 2. The molecule has 1 N–H and O–H groups in total. The molecule has 0 saturated carbocycles. The number of para-hydroxylation sites is 1. The number of nitrogens with zero attached hydrogens (tertiary/aromatic N) is 3. The Morgan fingerprint density at radius 1 is 1.26 bits per heavy atom. The van der Waals surface area contributed by atoms with Crippen LogP contribution in [0, 0.1) is 11.3 Å². The molecular formula is C16H20N4O3. The average Bonchev–Trinajstić information content (AvgIpc) is 2.60. The Kier molecular flexibility index (Phi) is 5.94. The first-order valence-corrected chi connectivity index (χ1v) is 7.46. The van der Waals surface area contributed by atoms with E-state index in [1.54, 1.807) is 36.2 Å². The maximum absolute atomic E-state index is 12.2. The maximum atomic E-state index is 12.2. The number of nitriles is 1. The summed E-state index contributed by atoms with van der Waals surface area (Å²) < 4.78 is 5.46. The van der Waals surface area contributed by atoms with E-state index in [1.165, 1.54) is 0 Å². The van der Waals surface area contributed by atoms with Crippen LogP contribution in [0.1, 0.15) is 5.56 Å². The molecule has 1 aliphatic heterocycles. The van der Waals surface area contributed by atoms with Crippen LogP contribution in [0.2, 0.25) is 0 Å². The monoisotopic (exact) mass is 316 g/mol. The summed E-state index contributed by atoms with van der Waals surface area (Å²) in [5.74, 6) is 0.278. The molecule has 122 valence electrons. The van der Waals surface area contributed by atoms with E-state index in [0.29, 0.717) is 44.0 Å². The highest BCUT2D eigenvalue weighted by molar-refractivity contribution is 5.78. The topological polar surface area (TPSA) is 85.7 Å². The van der Waals surface area contributed by atoms with E-state index in [9.17, 15) is 9.59 Å². The first-order chi connectivity index (χ1) is 11.1. The van der Waals surface area contributed by atoms with Crippen LogP contribution < -0.4 is 10.1 Å². The van der Waals surface area contributed by atoms with E-state index in [0.717, 1.165) is 0 Å². The van der Waals surface area contributed by atoms with Crippen molar-refractivity contribution in [2.45, 2.75) is 0 Å². The SMILES string of the molecule is CNC(=O)CN1CCN(C(=O)COc2ccccc2C#N)CC1. The van der Waals surface area contributed by atoms with Crippen molar-refractivity contribution in [1.82, 2.24) is 15.1 Å². The van der Waals surface area contributed by atoms with E-state index < -0.39 is 0 Å². The molecule has 7 nitrogen and oxygen atoms in total. The number of benzene rings is 1. The van der Waals surface area contributed by atoms with Crippen LogP contribution in [0.15, 0.2) is 24.3 Å². The fraction of sp³-hybridized carbons (Fsp3) is 0.438. The van der Waals surface area contributed by atoms with Crippen molar-refractivity contribution >= 4 is 11.8 Å². The average molecular weight is 316 g/mol. The summed E-state index contributed by atoms with van der Waals surface area (Å²) in [6.45, 7) is 2.72. The van der Waals surface area contributed by atoms with Gasteiger partial charge in [-0.25, -0.2) is 0 Å². The van der Waals surface area contributed by atoms with Gasteiger partial charge in [0.25, 0.3) is 5.91 Å². The number of amides is 2. The van der Waals surface area contributed by atoms with Crippen LogP contribution >= 0.6 is 0 Å². The summed E-state index contributed by atoms with van der Waals surface area (Å²) >= 11 is 0. The van der Waals surface area contributed by atoms with Crippen molar-refractivity contribution in [3.8, 4) is 11.8 Å². The number of piperazine rings is 1. The Hall–Kier alpha value is -2.59. The lowest BCUT2D eigenvalue weighted by Crippen LogP contribution is -2.51. The Labute approximate surface area is 135 Å². The van der Waals surface area contributed by atoms with Gasteiger partial charge in [-0.05, 0) is 12.1 Å². The van der Waals surface area contributed by atoms with E-state index in [-0.39, 0.29) is 18.4 Å². The largest absolute Gasteiger partial charge is 0.482 e. The molecule has 0 aromatic heterocycles. The summed E-state index contributed by atoms with van der Waals surface area (Å²) in [5, 5.41) is 11.6. The van der Waals surface area contributed by atoms with Crippen LogP contribution in [0.3, 0.4) is 0 Å². The molecule has 0 spiro atoms. The Morgan fingerprint density at radius 3 is 2.61 bits per heavy atom. The molecule has 0 radical (unpaired) electrons. The van der Waals surface area contributed by atoms with Gasteiger partial charge in [-0.3, -0.25) is 14.5 Å². The molecular weight excluding hydrogens is 296 g/mol. The molecule has 2 amide bonds. The second kappa shape index (κ2) is 8.15. The van der Waals surface area contributed by atoms with Crippen molar-refractivity contribution in [2.75, 3.05) is 46.4 Å². The van der Waals surface area contributed by atoms with Gasteiger partial charge in [0.05, 0.1) is 12.1 Å². The lowest BCUT2D eigenvalue weighted by Gasteiger charge is -2.34. The third kappa shape index (κ3) is 4.69. The number of nitrogens with one attached hydrogen (secondary N) is 1. The first-order valence-electron chi connectivity index (χ1n) is 7.46. The molecule has 1 aromatic carbocycles. The normalized spacial score (nSPS) is 14.9. The highest BCUT2D eigenvalue weighted by Gasteiger charge is 2.22. The van der Waals surface area contributed by atoms with Crippen molar-refractivity contribution in [1.29, 1.82) is 5.26 Å². The number of likely N-dealkylation sites (N-methyl/N-ethyl adjacent to an activating group) is 1. The van der Waals surface area contributed by atoms with Gasteiger partial charge in [0.2, 0.25) is 5.91 Å². The molecule has 0 aliphatic carbocycles. The Morgan fingerprint density at radius 2 is 1.96 bits per heavy atom. The van der Waals surface area contributed by atoms with Crippen molar-refractivity contribution in [3.63, 3.8) is 0 Å². The number of carbonyl (C=O) groups excluding carboxylic acids is 2. The quantitative estimate of drug-likeness (QED) is 0.815. The minimum atomic E-state index is -0.114. The summed E-state index contributed by atoms with van der Waals surface area (Å²) in [6, 6.07) is 8.87. The fourth-order valence-corrected chi connectivity index (χ4v) is 2.35. The van der Waals surface area contributed by atoms with Crippen LogP contribution in [0.25, 0.3) is 0 Å². The number of hydrogen-bond acceptors (Lipinski definition) is 5. The molecule has 1 saturated heterocycles. The predicted octanol–water partition coefficient (Wildman–Crippen LogP) is -0.173. The van der Waals surface area contributed by atoms with Crippen molar-refractivity contribution in [3.05, 3.63) is 29.8 Å². The van der Waals surface area contributed by atoms with Crippen LogP contribution in [0.4, 0.5) is 0 Å².